The quantitative estimate of drug-likeness (QED) is 0.544. The van der Waals surface area contributed by atoms with Gasteiger partial charge in [-0.05, 0) is 6.92 Å². The Hall–Kier alpha value is -1.36. The van der Waals surface area contributed by atoms with Crippen molar-refractivity contribution < 1.29 is 14.7 Å². The molecule has 5 heteroatoms. The van der Waals surface area contributed by atoms with E-state index in [1.165, 1.54) is 4.90 Å². The third-order valence-electron chi connectivity index (χ3n) is 1.34. The van der Waals surface area contributed by atoms with Crippen LogP contribution < -0.4 is 5.73 Å². The van der Waals surface area contributed by atoms with Crippen LogP contribution in [0.2, 0.25) is 0 Å². The fourth-order valence-corrected chi connectivity index (χ4v) is 0.851. The molecule has 0 spiro atoms. The number of primary amides is 1. The zero-order chi connectivity index (χ0) is 10.3. The Morgan fingerprint density at radius 3 is 2.46 bits per heavy atom. The first kappa shape index (κ1) is 11.6. The number of carboxylic acid groups (broad SMARTS) is 1. The number of allylic oxidation sites excluding steroid dienone is 1. The minimum absolute atomic E-state index is 0.0311. The summed E-state index contributed by atoms with van der Waals surface area (Å²) in [7, 11) is 0. The minimum Gasteiger partial charge on any atom is -0.480 e. The van der Waals surface area contributed by atoms with Crippen molar-refractivity contribution in [3.05, 3.63) is 12.2 Å². The van der Waals surface area contributed by atoms with Crippen LogP contribution in [0.25, 0.3) is 0 Å². The highest BCUT2D eigenvalue weighted by molar-refractivity contribution is 5.77. The largest absolute Gasteiger partial charge is 0.480 e. The molecule has 74 valence electrons. The molecule has 13 heavy (non-hydrogen) atoms. The van der Waals surface area contributed by atoms with E-state index in [2.05, 4.69) is 0 Å². The first-order chi connectivity index (χ1) is 6.06. The molecule has 0 fully saturated rings. The van der Waals surface area contributed by atoms with E-state index in [9.17, 15) is 9.59 Å². The topological polar surface area (TPSA) is 83.6 Å². The summed E-state index contributed by atoms with van der Waals surface area (Å²) in [5.41, 5.74) is 4.94. The molecule has 0 aliphatic carbocycles. The van der Waals surface area contributed by atoms with Gasteiger partial charge in [0.15, 0.2) is 0 Å². The number of hydrogen-bond donors (Lipinski definition) is 2. The molecule has 0 aromatic heterocycles. The highest BCUT2D eigenvalue weighted by Gasteiger charge is 2.09. The Bertz CT molecular complexity index is 197. The van der Waals surface area contributed by atoms with Crippen LogP contribution in [0.3, 0.4) is 0 Å². The van der Waals surface area contributed by atoms with E-state index < -0.39 is 11.9 Å². The lowest BCUT2D eigenvalue weighted by atomic mass is 10.4. The van der Waals surface area contributed by atoms with Gasteiger partial charge in [-0.25, -0.2) is 0 Å². The lowest BCUT2D eigenvalue weighted by molar-refractivity contribution is -0.138. The van der Waals surface area contributed by atoms with Gasteiger partial charge in [-0.3, -0.25) is 14.5 Å². The Morgan fingerprint density at radius 2 is 2.08 bits per heavy atom. The summed E-state index contributed by atoms with van der Waals surface area (Å²) in [4.78, 5) is 22.3. The Kier molecular flexibility index (Phi) is 5.54. The number of carbonyl (C=O) groups is 2. The third-order valence-corrected chi connectivity index (χ3v) is 1.34. The Labute approximate surface area is 76.8 Å². The summed E-state index contributed by atoms with van der Waals surface area (Å²) in [6, 6.07) is 0. The number of rotatable bonds is 6. The van der Waals surface area contributed by atoms with Crippen LogP contribution in [-0.2, 0) is 9.59 Å². The molecular formula is C8H14N2O3. The summed E-state index contributed by atoms with van der Waals surface area (Å²) in [5, 5.41) is 8.48. The van der Waals surface area contributed by atoms with E-state index in [4.69, 9.17) is 10.8 Å². The van der Waals surface area contributed by atoms with Crippen molar-refractivity contribution in [2.24, 2.45) is 5.73 Å². The molecule has 3 N–H and O–H groups in total. The lowest BCUT2D eigenvalue weighted by Crippen LogP contribution is -2.37. The average Bonchev–Trinajstić information content (AvgIpc) is 1.98. The number of carboxylic acids is 1. The van der Waals surface area contributed by atoms with Crippen LogP contribution in [0.5, 0.6) is 0 Å². The monoisotopic (exact) mass is 186 g/mol. The molecule has 0 unspecified atom stereocenters. The maximum atomic E-state index is 10.5. The molecule has 0 saturated carbocycles. The average molecular weight is 186 g/mol. The van der Waals surface area contributed by atoms with Crippen LogP contribution in [-0.4, -0.2) is 41.5 Å². The van der Waals surface area contributed by atoms with Crippen molar-refractivity contribution in [3.63, 3.8) is 0 Å². The molecule has 1 amide bonds. The SMILES string of the molecule is C/C=C/CN(CC(N)=O)CC(=O)O. The van der Waals surface area contributed by atoms with Crippen molar-refractivity contribution in [3.8, 4) is 0 Å². The number of amides is 1. The molecule has 5 nitrogen and oxygen atoms in total. The molecule has 0 heterocycles. The zero-order valence-corrected chi connectivity index (χ0v) is 7.56. The maximum absolute atomic E-state index is 10.5. The van der Waals surface area contributed by atoms with E-state index in [-0.39, 0.29) is 13.1 Å². The summed E-state index contributed by atoms with van der Waals surface area (Å²) < 4.78 is 0. The van der Waals surface area contributed by atoms with Crippen molar-refractivity contribution in [1.82, 2.24) is 4.90 Å². The molecule has 0 bridgehead atoms. The van der Waals surface area contributed by atoms with Crippen molar-refractivity contribution >= 4 is 11.9 Å². The predicted molar refractivity (Wildman–Crippen MR) is 48.1 cm³/mol. The summed E-state index contributed by atoms with van der Waals surface area (Å²) in [6.45, 7) is 2.04. The highest BCUT2D eigenvalue weighted by Crippen LogP contribution is 1.88. The molecule has 0 aromatic rings. The Morgan fingerprint density at radius 1 is 1.46 bits per heavy atom. The molecular weight excluding hydrogens is 172 g/mol. The van der Waals surface area contributed by atoms with Gasteiger partial charge in [0, 0.05) is 6.54 Å². The van der Waals surface area contributed by atoms with Gasteiger partial charge in [0.2, 0.25) is 5.91 Å². The van der Waals surface area contributed by atoms with Gasteiger partial charge < -0.3 is 10.8 Å². The molecule has 0 saturated heterocycles. The molecule has 0 aliphatic heterocycles. The van der Waals surface area contributed by atoms with Gasteiger partial charge >= 0.3 is 5.97 Å². The number of carbonyl (C=O) groups excluding carboxylic acids is 1. The molecule has 0 atom stereocenters. The van der Waals surface area contributed by atoms with Gasteiger partial charge in [0.25, 0.3) is 0 Å². The van der Waals surface area contributed by atoms with Gasteiger partial charge in [-0.1, -0.05) is 12.2 Å². The zero-order valence-electron chi connectivity index (χ0n) is 7.56. The van der Waals surface area contributed by atoms with Crippen LogP contribution in [0.4, 0.5) is 0 Å². The molecule has 0 aliphatic rings. The standard InChI is InChI=1S/C8H14N2O3/c1-2-3-4-10(5-7(9)11)6-8(12)13/h2-3H,4-6H2,1H3,(H2,9,11)(H,12,13)/b3-2+. The number of nitrogens with two attached hydrogens (primary N) is 1. The van der Waals surface area contributed by atoms with Gasteiger partial charge in [0.1, 0.15) is 0 Å². The van der Waals surface area contributed by atoms with Crippen molar-refractivity contribution in [1.29, 1.82) is 0 Å². The van der Waals surface area contributed by atoms with Crippen molar-refractivity contribution in [2.45, 2.75) is 6.92 Å². The minimum atomic E-state index is -0.967. The second-order valence-electron chi connectivity index (χ2n) is 2.60. The third kappa shape index (κ3) is 7.02. The number of hydrogen-bond acceptors (Lipinski definition) is 3. The number of aliphatic carboxylic acids is 1. The van der Waals surface area contributed by atoms with Crippen LogP contribution in [0.1, 0.15) is 6.92 Å². The Balaban J connectivity index is 4.01. The molecule has 0 rings (SSSR count). The maximum Gasteiger partial charge on any atom is 0.317 e. The normalized spacial score (nSPS) is 10.9. The summed E-state index contributed by atoms with van der Waals surface area (Å²) >= 11 is 0. The summed E-state index contributed by atoms with van der Waals surface area (Å²) in [5.74, 6) is -1.49. The second kappa shape index (κ2) is 6.19. The van der Waals surface area contributed by atoms with E-state index in [0.717, 1.165) is 0 Å². The van der Waals surface area contributed by atoms with E-state index in [1.807, 2.05) is 6.92 Å². The molecule has 0 radical (unpaired) electrons. The fraction of sp³-hybridized carbons (Fsp3) is 0.500. The predicted octanol–water partition coefficient (Wildman–Crippen LogP) is -0.566. The first-order valence-electron chi connectivity index (χ1n) is 3.90. The lowest BCUT2D eigenvalue weighted by Gasteiger charge is -2.15. The van der Waals surface area contributed by atoms with Gasteiger partial charge in [-0.2, -0.15) is 0 Å². The highest BCUT2D eigenvalue weighted by atomic mass is 16.4. The van der Waals surface area contributed by atoms with Gasteiger partial charge in [-0.15, -0.1) is 0 Å². The molecule has 0 aromatic carbocycles. The second-order valence-corrected chi connectivity index (χ2v) is 2.60. The van der Waals surface area contributed by atoms with Crippen molar-refractivity contribution in [2.75, 3.05) is 19.6 Å². The van der Waals surface area contributed by atoms with E-state index in [1.54, 1.807) is 12.2 Å². The fourth-order valence-electron chi connectivity index (χ4n) is 0.851. The van der Waals surface area contributed by atoms with Crippen LogP contribution >= 0.6 is 0 Å². The van der Waals surface area contributed by atoms with Crippen LogP contribution in [0, 0.1) is 0 Å². The number of nitrogens with zero attached hydrogens (tertiary/aromatic N) is 1. The van der Waals surface area contributed by atoms with Gasteiger partial charge in [0.05, 0.1) is 13.1 Å². The van der Waals surface area contributed by atoms with Crippen LogP contribution in [0.15, 0.2) is 12.2 Å². The summed E-state index contributed by atoms with van der Waals surface area (Å²) in [6.07, 6.45) is 3.56. The first-order valence-corrected chi connectivity index (χ1v) is 3.90. The smallest absolute Gasteiger partial charge is 0.317 e. The van der Waals surface area contributed by atoms with E-state index in [0.29, 0.717) is 6.54 Å². The van der Waals surface area contributed by atoms with E-state index >= 15 is 0 Å².